The molecular formula is C38H38N4O4. The van der Waals surface area contributed by atoms with Crippen LogP contribution in [0, 0.1) is 0 Å². The van der Waals surface area contributed by atoms with Crippen molar-refractivity contribution in [3.05, 3.63) is 155 Å². The minimum Gasteiger partial charge on any atom is -0.351 e. The first kappa shape index (κ1) is 33.1. The van der Waals surface area contributed by atoms with E-state index in [1.54, 1.807) is 60.7 Å². The summed E-state index contributed by atoms with van der Waals surface area (Å²) in [5.74, 6) is -1.45. The molecule has 0 atom stereocenters. The maximum Gasteiger partial charge on any atom is 0.267 e. The van der Waals surface area contributed by atoms with Gasteiger partial charge in [0.25, 0.3) is 23.6 Å². The van der Waals surface area contributed by atoms with Gasteiger partial charge in [-0.05, 0) is 60.4 Å². The molecule has 0 radical (unpaired) electrons. The van der Waals surface area contributed by atoms with Gasteiger partial charge in [-0.15, -0.1) is 0 Å². The van der Waals surface area contributed by atoms with Crippen molar-refractivity contribution >= 4 is 35.8 Å². The highest BCUT2D eigenvalue weighted by Gasteiger charge is 2.15. The summed E-state index contributed by atoms with van der Waals surface area (Å²) >= 11 is 0. The van der Waals surface area contributed by atoms with Crippen LogP contribution in [0.4, 0.5) is 0 Å². The lowest BCUT2D eigenvalue weighted by Crippen LogP contribution is -2.35. The summed E-state index contributed by atoms with van der Waals surface area (Å²) in [4.78, 5) is 51.5. The van der Waals surface area contributed by atoms with E-state index < -0.39 is 0 Å². The Morgan fingerprint density at radius 3 is 1.11 bits per heavy atom. The number of unbranched alkanes of at least 4 members (excludes halogenated alkanes) is 3. The normalized spacial score (nSPS) is 11.3. The molecule has 0 spiro atoms. The molecule has 8 heteroatoms. The lowest BCUT2D eigenvalue weighted by molar-refractivity contribution is -0.118. The summed E-state index contributed by atoms with van der Waals surface area (Å²) in [5.41, 5.74) is 2.85. The van der Waals surface area contributed by atoms with E-state index in [-0.39, 0.29) is 35.0 Å². The lowest BCUT2D eigenvalue weighted by atomic mass is 10.1. The fourth-order valence-corrected chi connectivity index (χ4v) is 4.51. The SMILES string of the molecule is O=C(NCCCCCCNC(=O)C(=Cc1ccccc1)NC(=O)c1ccccc1)C(=Cc1ccccc1)NC(=O)c1ccccc1. The molecule has 4 amide bonds. The second-order valence-corrected chi connectivity index (χ2v) is 10.5. The summed E-state index contributed by atoms with van der Waals surface area (Å²) in [6, 6.07) is 36.2. The molecule has 0 aliphatic carbocycles. The van der Waals surface area contributed by atoms with Gasteiger partial charge >= 0.3 is 0 Å². The maximum absolute atomic E-state index is 13.0. The first-order valence-electron chi connectivity index (χ1n) is 15.3. The molecule has 0 bridgehead atoms. The Hall–Kier alpha value is -5.76. The van der Waals surface area contributed by atoms with Crippen LogP contribution in [-0.2, 0) is 9.59 Å². The third-order valence-electron chi connectivity index (χ3n) is 6.95. The molecule has 234 valence electrons. The maximum atomic E-state index is 13.0. The van der Waals surface area contributed by atoms with Crippen molar-refractivity contribution < 1.29 is 19.2 Å². The molecule has 4 N–H and O–H groups in total. The molecule has 4 aromatic carbocycles. The molecule has 8 nitrogen and oxygen atoms in total. The topological polar surface area (TPSA) is 116 Å². The summed E-state index contributed by atoms with van der Waals surface area (Å²) in [5, 5.41) is 11.3. The minimum absolute atomic E-state index is 0.168. The van der Waals surface area contributed by atoms with E-state index in [9.17, 15) is 19.2 Å². The molecule has 4 rings (SSSR count). The van der Waals surface area contributed by atoms with Crippen LogP contribution in [0.5, 0.6) is 0 Å². The van der Waals surface area contributed by atoms with Crippen LogP contribution in [0.3, 0.4) is 0 Å². The van der Waals surface area contributed by atoms with E-state index in [2.05, 4.69) is 21.3 Å². The van der Waals surface area contributed by atoms with Crippen molar-refractivity contribution in [3.63, 3.8) is 0 Å². The summed E-state index contributed by atoms with van der Waals surface area (Å²) in [6.45, 7) is 0.877. The Kier molecular flexibility index (Phi) is 13.1. The Morgan fingerprint density at radius 1 is 0.435 bits per heavy atom. The molecule has 0 saturated heterocycles. The molecule has 0 aromatic heterocycles. The van der Waals surface area contributed by atoms with E-state index in [1.807, 2.05) is 72.8 Å². The average molecular weight is 615 g/mol. The zero-order valence-electron chi connectivity index (χ0n) is 25.6. The van der Waals surface area contributed by atoms with E-state index in [4.69, 9.17) is 0 Å². The van der Waals surface area contributed by atoms with E-state index in [1.165, 1.54) is 0 Å². The fourth-order valence-electron chi connectivity index (χ4n) is 4.51. The first-order valence-corrected chi connectivity index (χ1v) is 15.3. The van der Waals surface area contributed by atoms with E-state index in [0.717, 1.165) is 36.8 Å². The number of carbonyl (C=O) groups excluding carboxylic acids is 4. The second kappa shape index (κ2) is 18.1. The number of amides is 4. The van der Waals surface area contributed by atoms with Crippen LogP contribution in [-0.4, -0.2) is 36.7 Å². The number of hydrogen-bond donors (Lipinski definition) is 4. The van der Waals surface area contributed by atoms with Gasteiger partial charge in [0, 0.05) is 24.2 Å². The van der Waals surface area contributed by atoms with Crippen LogP contribution in [0.1, 0.15) is 57.5 Å². The van der Waals surface area contributed by atoms with Crippen molar-refractivity contribution in [2.24, 2.45) is 0 Å². The third-order valence-corrected chi connectivity index (χ3v) is 6.95. The minimum atomic E-state index is -0.365. The highest BCUT2D eigenvalue weighted by atomic mass is 16.2. The van der Waals surface area contributed by atoms with Crippen molar-refractivity contribution in [3.8, 4) is 0 Å². The molecule has 0 fully saturated rings. The fraction of sp³-hybridized carbons (Fsp3) is 0.158. The second-order valence-electron chi connectivity index (χ2n) is 10.5. The van der Waals surface area contributed by atoms with Gasteiger partial charge in [0.2, 0.25) is 0 Å². The Bertz CT molecular complexity index is 1510. The van der Waals surface area contributed by atoms with Crippen LogP contribution in [0.2, 0.25) is 0 Å². The highest BCUT2D eigenvalue weighted by Crippen LogP contribution is 2.09. The predicted octanol–water partition coefficient (Wildman–Crippen LogP) is 5.72. The highest BCUT2D eigenvalue weighted by molar-refractivity contribution is 6.06. The van der Waals surface area contributed by atoms with Crippen LogP contribution in [0.15, 0.2) is 133 Å². The van der Waals surface area contributed by atoms with E-state index >= 15 is 0 Å². The van der Waals surface area contributed by atoms with Crippen LogP contribution < -0.4 is 21.3 Å². The van der Waals surface area contributed by atoms with Crippen LogP contribution in [0.25, 0.3) is 12.2 Å². The number of nitrogens with one attached hydrogen (secondary N) is 4. The number of rotatable bonds is 15. The third kappa shape index (κ3) is 11.1. The molecule has 4 aromatic rings. The van der Waals surface area contributed by atoms with Crippen molar-refractivity contribution in [1.82, 2.24) is 21.3 Å². The quantitative estimate of drug-likeness (QED) is 0.101. The Balaban J connectivity index is 1.22. The van der Waals surface area contributed by atoms with E-state index in [0.29, 0.717) is 24.2 Å². The average Bonchev–Trinajstić information content (AvgIpc) is 3.10. The van der Waals surface area contributed by atoms with Gasteiger partial charge in [-0.2, -0.15) is 0 Å². The van der Waals surface area contributed by atoms with Gasteiger partial charge in [-0.3, -0.25) is 19.2 Å². The molecule has 46 heavy (non-hydrogen) atoms. The van der Waals surface area contributed by atoms with Gasteiger partial charge < -0.3 is 21.3 Å². The van der Waals surface area contributed by atoms with Gasteiger partial charge in [0.1, 0.15) is 11.4 Å². The predicted molar refractivity (Wildman–Crippen MR) is 181 cm³/mol. The van der Waals surface area contributed by atoms with Crippen molar-refractivity contribution in [2.75, 3.05) is 13.1 Å². The molecule has 0 unspecified atom stereocenters. The number of carbonyl (C=O) groups is 4. The lowest BCUT2D eigenvalue weighted by Gasteiger charge is -2.12. The number of benzene rings is 4. The van der Waals surface area contributed by atoms with Crippen LogP contribution >= 0.6 is 0 Å². The van der Waals surface area contributed by atoms with Gasteiger partial charge in [0.15, 0.2) is 0 Å². The first-order chi connectivity index (χ1) is 22.5. The van der Waals surface area contributed by atoms with Gasteiger partial charge in [-0.1, -0.05) is 110 Å². The molecule has 0 aliphatic rings. The molecule has 0 aliphatic heterocycles. The van der Waals surface area contributed by atoms with Crippen molar-refractivity contribution in [1.29, 1.82) is 0 Å². The zero-order chi connectivity index (χ0) is 32.4. The van der Waals surface area contributed by atoms with Gasteiger partial charge in [-0.25, -0.2) is 0 Å². The Labute approximate surface area is 269 Å². The molecular weight excluding hydrogens is 576 g/mol. The zero-order valence-corrected chi connectivity index (χ0v) is 25.6. The standard InChI is InChI=1S/C38H38N4O4/c43-35(31-21-11-5-12-22-31)41-33(27-29-17-7-3-8-18-29)37(45)39-25-15-1-2-16-26-40-38(46)34(28-30-19-9-4-10-20-30)42-36(44)32-23-13-6-14-24-32/h3-14,17-24,27-28H,1-2,15-16,25-26H2,(H,39,45)(H,40,46)(H,41,43)(H,42,44). The molecule has 0 saturated carbocycles. The summed E-state index contributed by atoms with van der Waals surface area (Å²) in [6.07, 6.45) is 6.45. The number of hydrogen-bond acceptors (Lipinski definition) is 4. The Morgan fingerprint density at radius 2 is 0.761 bits per heavy atom. The summed E-state index contributed by atoms with van der Waals surface area (Å²) < 4.78 is 0. The summed E-state index contributed by atoms with van der Waals surface area (Å²) in [7, 11) is 0. The monoisotopic (exact) mass is 614 g/mol. The molecule has 0 heterocycles. The largest absolute Gasteiger partial charge is 0.351 e. The van der Waals surface area contributed by atoms with Gasteiger partial charge in [0.05, 0.1) is 0 Å². The van der Waals surface area contributed by atoms with Crippen molar-refractivity contribution in [2.45, 2.75) is 25.7 Å². The smallest absolute Gasteiger partial charge is 0.267 e.